The number of aromatic nitrogens is 2. The van der Waals surface area contributed by atoms with E-state index >= 15 is 0 Å². The highest BCUT2D eigenvalue weighted by atomic mass is 32.2. The maximum Gasteiger partial charge on any atom is 0.399 e. The van der Waals surface area contributed by atoms with Gasteiger partial charge >= 0.3 is 12.2 Å². The number of hydrogen-bond acceptors (Lipinski definition) is 7. The molecule has 1 aromatic carbocycles. The molecule has 41 heavy (non-hydrogen) atoms. The number of anilines is 1. The predicted molar refractivity (Wildman–Crippen MR) is 143 cm³/mol. The minimum absolute atomic E-state index is 0.1000. The highest BCUT2D eigenvalue weighted by molar-refractivity contribution is 7.89. The fraction of sp³-hybridized carbons (Fsp3) is 0.360. The van der Waals surface area contributed by atoms with Crippen molar-refractivity contribution in [1.82, 2.24) is 19.6 Å². The molecule has 10 nitrogen and oxygen atoms in total. The van der Waals surface area contributed by atoms with Crippen LogP contribution in [0.25, 0.3) is 10.4 Å². The lowest BCUT2D eigenvalue weighted by Gasteiger charge is -2.27. The Bertz CT molecular complexity index is 1590. The highest BCUT2D eigenvalue weighted by Crippen LogP contribution is 2.41. The number of sulfonamides is 1. The molecule has 1 aliphatic heterocycles. The maximum absolute atomic E-state index is 13.5. The summed E-state index contributed by atoms with van der Waals surface area (Å²) >= 11 is 1.00. The monoisotopic (exact) mass is 614 g/mol. The Morgan fingerprint density at radius 2 is 1.88 bits per heavy atom. The quantitative estimate of drug-likeness (QED) is 0.344. The van der Waals surface area contributed by atoms with Crippen molar-refractivity contribution in [3.63, 3.8) is 0 Å². The molecule has 16 heteroatoms. The van der Waals surface area contributed by atoms with Gasteiger partial charge in [-0.1, -0.05) is 17.4 Å². The number of primary amides is 1. The third-order valence-corrected chi connectivity index (χ3v) is 9.34. The molecule has 2 aromatic heterocycles. The molecule has 1 fully saturated rings. The van der Waals surface area contributed by atoms with Crippen molar-refractivity contribution < 1.29 is 35.6 Å². The summed E-state index contributed by atoms with van der Waals surface area (Å²) in [7, 11) is -4.17. The molecule has 3 amide bonds. The van der Waals surface area contributed by atoms with Crippen LogP contribution in [0.5, 0.6) is 0 Å². The average Bonchev–Trinajstić information content (AvgIpc) is 3.46. The van der Waals surface area contributed by atoms with E-state index in [1.807, 2.05) is 0 Å². The third-order valence-electron chi connectivity index (χ3n) is 6.70. The molecule has 1 saturated heterocycles. The topological polar surface area (TPSA) is 147 Å². The van der Waals surface area contributed by atoms with Gasteiger partial charge in [0, 0.05) is 18.8 Å². The van der Waals surface area contributed by atoms with Crippen molar-refractivity contribution >= 4 is 38.4 Å². The summed E-state index contributed by atoms with van der Waals surface area (Å²) in [6.45, 7) is 3.46. The van der Waals surface area contributed by atoms with Gasteiger partial charge in [0.25, 0.3) is 0 Å². The Balaban J connectivity index is 1.52. The van der Waals surface area contributed by atoms with Crippen LogP contribution >= 0.6 is 11.3 Å². The van der Waals surface area contributed by atoms with Crippen LogP contribution in [-0.2, 0) is 20.2 Å². The number of nitrogens with two attached hydrogens (primary N) is 1. The number of benzene rings is 1. The van der Waals surface area contributed by atoms with Crippen molar-refractivity contribution in [2.24, 2.45) is 5.73 Å². The minimum Gasteiger partial charge on any atom is -0.368 e. The van der Waals surface area contributed by atoms with Gasteiger partial charge in [-0.05, 0) is 63.1 Å². The molecule has 4 N–H and O–H groups in total. The van der Waals surface area contributed by atoms with Gasteiger partial charge in [0.1, 0.15) is 17.3 Å². The fourth-order valence-corrected chi connectivity index (χ4v) is 6.50. The highest BCUT2D eigenvalue weighted by Gasteiger charge is 2.49. The van der Waals surface area contributed by atoms with Crippen LogP contribution in [0.2, 0.25) is 0 Å². The minimum atomic E-state index is -4.53. The van der Waals surface area contributed by atoms with Gasteiger partial charge < -0.3 is 10.6 Å². The SMILES string of the molecule is Cc1nc(NC(=O)N2C[C@H](NS(=O)(=O)c3cccc(F)c3)C[C@H]2C(N)=O)sc1-c1ccnc(C(C)(C)C(F)(F)F)c1. The fourth-order valence-electron chi connectivity index (χ4n) is 4.28. The van der Waals surface area contributed by atoms with Gasteiger partial charge in [-0.2, -0.15) is 13.2 Å². The molecular weight excluding hydrogens is 588 g/mol. The van der Waals surface area contributed by atoms with Crippen molar-refractivity contribution in [2.45, 2.75) is 55.8 Å². The smallest absolute Gasteiger partial charge is 0.368 e. The van der Waals surface area contributed by atoms with E-state index in [0.29, 0.717) is 16.1 Å². The Morgan fingerprint density at radius 1 is 1.17 bits per heavy atom. The normalized spacial score (nSPS) is 18.0. The van der Waals surface area contributed by atoms with E-state index in [-0.39, 0.29) is 28.7 Å². The number of urea groups is 1. The summed E-state index contributed by atoms with van der Waals surface area (Å²) in [5.41, 5.74) is 3.94. The lowest BCUT2D eigenvalue weighted by molar-refractivity contribution is -0.181. The lowest BCUT2D eigenvalue weighted by Crippen LogP contribution is -2.46. The Hall–Kier alpha value is -3.63. The van der Waals surface area contributed by atoms with Gasteiger partial charge in [0.05, 0.1) is 21.2 Å². The van der Waals surface area contributed by atoms with Crippen molar-refractivity contribution in [3.05, 3.63) is 59.8 Å². The summed E-state index contributed by atoms with van der Waals surface area (Å²) in [4.78, 5) is 34.6. The first-order valence-corrected chi connectivity index (χ1v) is 14.5. The summed E-state index contributed by atoms with van der Waals surface area (Å²) in [5.74, 6) is -1.61. The first-order valence-electron chi connectivity index (χ1n) is 12.2. The summed E-state index contributed by atoms with van der Waals surface area (Å²) in [6.07, 6.45) is -3.38. The van der Waals surface area contributed by atoms with Crippen molar-refractivity contribution in [3.8, 4) is 10.4 Å². The number of nitrogens with zero attached hydrogens (tertiary/aromatic N) is 3. The Labute approximate surface area is 237 Å². The number of rotatable bonds is 7. The molecule has 0 saturated carbocycles. The summed E-state index contributed by atoms with van der Waals surface area (Å²) in [5, 5.41) is 2.66. The summed E-state index contributed by atoms with van der Waals surface area (Å²) < 4.78 is 82.0. The summed E-state index contributed by atoms with van der Waals surface area (Å²) in [6, 6.07) is 4.39. The molecule has 0 unspecified atom stereocenters. The molecule has 2 atom stereocenters. The molecule has 0 radical (unpaired) electrons. The largest absolute Gasteiger partial charge is 0.399 e. The van der Waals surface area contributed by atoms with Crippen LogP contribution in [0, 0.1) is 12.7 Å². The van der Waals surface area contributed by atoms with E-state index in [0.717, 1.165) is 42.2 Å². The number of halogens is 4. The average molecular weight is 615 g/mol. The lowest BCUT2D eigenvalue weighted by atomic mass is 9.87. The Kier molecular flexibility index (Phi) is 8.12. The number of nitrogens with one attached hydrogen (secondary N) is 2. The molecule has 0 aliphatic carbocycles. The number of pyridine rings is 1. The van der Waals surface area contributed by atoms with E-state index < -0.39 is 51.5 Å². The second kappa shape index (κ2) is 11.0. The number of hydrogen-bond donors (Lipinski definition) is 3. The molecule has 0 bridgehead atoms. The molecule has 1 aliphatic rings. The van der Waals surface area contributed by atoms with Gasteiger partial charge in [0.15, 0.2) is 5.13 Å². The number of carbonyl (C=O) groups excluding carboxylic acids is 2. The number of amides is 3. The maximum atomic E-state index is 13.5. The van der Waals surface area contributed by atoms with E-state index in [9.17, 15) is 35.6 Å². The van der Waals surface area contributed by atoms with E-state index in [4.69, 9.17) is 5.73 Å². The number of thiazole rings is 1. The van der Waals surface area contributed by atoms with Crippen molar-refractivity contribution in [2.75, 3.05) is 11.9 Å². The molecule has 220 valence electrons. The first kappa shape index (κ1) is 30.3. The van der Waals surface area contributed by atoms with Gasteiger partial charge in [0.2, 0.25) is 15.9 Å². The van der Waals surface area contributed by atoms with Crippen LogP contribution in [-0.4, -0.2) is 60.0 Å². The second-order valence-electron chi connectivity index (χ2n) is 10.00. The van der Waals surface area contributed by atoms with Crippen LogP contribution in [0.15, 0.2) is 47.5 Å². The second-order valence-corrected chi connectivity index (χ2v) is 12.7. The standard InChI is InChI=1S/C25H26F4N6O4S2/c1-13-20(14-7-8-31-19(9-14)24(2,3)25(27,28)29)40-22(32-13)33-23(37)35-12-16(11-18(35)21(30)36)34-41(38,39)17-6-4-5-15(26)10-17/h4-10,16,18,34H,11-12H2,1-3H3,(H2,30,36)(H,32,33,37)/t16-,18+/m1/s1. The van der Waals surface area contributed by atoms with Gasteiger partial charge in [-0.3, -0.25) is 15.1 Å². The number of aryl methyl sites for hydroxylation is 1. The molecule has 3 heterocycles. The number of alkyl halides is 3. The van der Waals surface area contributed by atoms with Gasteiger partial charge in [-0.15, -0.1) is 0 Å². The zero-order valence-corrected chi connectivity index (χ0v) is 23.6. The van der Waals surface area contributed by atoms with Crippen LogP contribution < -0.4 is 15.8 Å². The van der Waals surface area contributed by atoms with E-state index in [1.54, 1.807) is 6.92 Å². The van der Waals surface area contributed by atoms with Crippen LogP contribution in [0.1, 0.15) is 31.7 Å². The van der Waals surface area contributed by atoms with Crippen LogP contribution in [0.3, 0.4) is 0 Å². The zero-order valence-electron chi connectivity index (χ0n) is 22.0. The zero-order chi connectivity index (χ0) is 30.3. The van der Waals surface area contributed by atoms with E-state index in [2.05, 4.69) is 20.0 Å². The molecule has 3 aromatic rings. The number of carbonyl (C=O) groups is 2. The van der Waals surface area contributed by atoms with Crippen LogP contribution in [0.4, 0.5) is 27.5 Å². The molecule has 0 spiro atoms. The third kappa shape index (κ3) is 6.33. The Morgan fingerprint density at radius 3 is 2.51 bits per heavy atom. The van der Waals surface area contributed by atoms with E-state index in [1.165, 1.54) is 30.5 Å². The predicted octanol–water partition coefficient (Wildman–Crippen LogP) is 3.93. The number of likely N-dealkylation sites (tertiary alicyclic amines) is 1. The molecular formula is C25H26F4N6O4S2. The first-order chi connectivity index (χ1) is 19.0. The van der Waals surface area contributed by atoms with Crippen molar-refractivity contribution in [1.29, 1.82) is 0 Å². The molecule has 4 rings (SSSR count). The van der Waals surface area contributed by atoms with Gasteiger partial charge in [-0.25, -0.2) is 27.3 Å².